The van der Waals surface area contributed by atoms with Crippen molar-refractivity contribution in [2.24, 2.45) is 0 Å². The van der Waals surface area contributed by atoms with Gasteiger partial charge in [-0.15, -0.1) is 0 Å². The van der Waals surface area contributed by atoms with Gasteiger partial charge in [0.2, 0.25) is 0 Å². The van der Waals surface area contributed by atoms with E-state index in [4.69, 9.17) is 0 Å². The molecule has 15 rings (SSSR count). The lowest BCUT2D eigenvalue weighted by Gasteiger charge is -2.32. The van der Waals surface area contributed by atoms with Crippen molar-refractivity contribution in [3.8, 4) is 61.3 Å². The maximum Gasteiger partial charge on any atom is 0.0726 e. The number of aromatic nitrogens is 1. The number of anilines is 3. The van der Waals surface area contributed by atoms with Crippen LogP contribution in [0.4, 0.5) is 17.1 Å². The number of hydrogen-bond acceptors (Lipinski definition) is 1. The van der Waals surface area contributed by atoms with Gasteiger partial charge in [0, 0.05) is 38.9 Å². The van der Waals surface area contributed by atoms with Gasteiger partial charge in [-0.3, -0.25) is 0 Å². The number of fused-ring (bicyclic) bond motifs is 16. The van der Waals surface area contributed by atoms with Crippen LogP contribution in [0.25, 0.3) is 83.1 Å². The normalized spacial score (nSPS) is 13.9. The highest BCUT2D eigenvalue weighted by Gasteiger charge is 2.52. The van der Waals surface area contributed by atoms with Crippen LogP contribution in [0.3, 0.4) is 0 Å². The Bertz CT molecular complexity index is 4070. The number of nitrogens with zero attached hydrogens (tertiary/aromatic N) is 2. The van der Waals surface area contributed by atoms with Crippen LogP contribution in [0, 0.1) is 0 Å². The van der Waals surface area contributed by atoms with E-state index in [-0.39, 0.29) is 5.41 Å². The van der Waals surface area contributed by atoms with Crippen LogP contribution in [0.2, 0.25) is 0 Å². The zero-order chi connectivity index (χ0) is 47.7. The summed E-state index contributed by atoms with van der Waals surface area (Å²) in [4.78, 5) is 2.50. The second kappa shape index (κ2) is 15.3. The molecule has 2 heteroatoms. The fourth-order valence-electron chi connectivity index (χ4n) is 13.3. The topological polar surface area (TPSA) is 8.17 Å². The minimum atomic E-state index is -0.513. The monoisotopic (exact) mass is 916 g/mol. The molecule has 11 aromatic carbocycles. The van der Waals surface area contributed by atoms with Crippen LogP contribution in [0.1, 0.15) is 47.2 Å². The number of benzene rings is 11. The fraction of sp³-hybridized carbons (Fsp3) is 0.0571. The third kappa shape index (κ3) is 5.61. The molecule has 1 heterocycles. The zero-order valence-corrected chi connectivity index (χ0v) is 40.1. The molecule has 12 aromatic rings. The van der Waals surface area contributed by atoms with Crippen LogP contribution in [-0.4, -0.2) is 4.57 Å². The number of rotatable bonds is 6. The molecule has 0 unspecified atom stereocenters. The van der Waals surface area contributed by atoms with Crippen molar-refractivity contribution in [3.05, 3.63) is 288 Å². The molecule has 1 aromatic heterocycles. The zero-order valence-electron chi connectivity index (χ0n) is 40.1. The molecule has 0 radical (unpaired) electrons. The Hall–Kier alpha value is -8.98. The lowest BCUT2D eigenvalue weighted by Crippen LogP contribution is -2.26. The van der Waals surface area contributed by atoms with Crippen molar-refractivity contribution >= 4 is 38.9 Å². The second-order valence-electron chi connectivity index (χ2n) is 20.4. The summed E-state index contributed by atoms with van der Waals surface area (Å²) in [5.41, 5.74) is 27.0. The maximum atomic E-state index is 2.53. The van der Waals surface area contributed by atoms with Gasteiger partial charge in [0.1, 0.15) is 0 Å². The Morgan fingerprint density at radius 3 is 1.40 bits per heavy atom. The Morgan fingerprint density at radius 1 is 0.306 bits per heavy atom. The van der Waals surface area contributed by atoms with Gasteiger partial charge >= 0.3 is 0 Å². The molecule has 3 aliphatic rings. The Kier molecular flexibility index (Phi) is 8.66. The predicted molar refractivity (Wildman–Crippen MR) is 300 cm³/mol. The van der Waals surface area contributed by atoms with E-state index >= 15 is 0 Å². The first-order valence-corrected chi connectivity index (χ1v) is 25.3. The van der Waals surface area contributed by atoms with Crippen LogP contribution in [0.5, 0.6) is 0 Å². The molecule has 1 spiro atoms. The quantitative estimate of drug-likeness (QED) is 0.161. The standard InChI is InChI=1S/C70H48N2/c1-69(2)60-25-11-6-19-53(60)56-41-39-50(43-64(56)69)71(48-35-31-45(32-36-48)46-33-37-49(38-34-46)72-66-29-14-9-22-57(66)58-23-10-15-30-67(58)72)51-40-42-59-65(44-51)70(61-26-12-7-20-54(61)55-21-8-13-27-62(55)70)63-28-16-24-52(68(59)63)47-17-4-3-5-18-47/h3-44H,1-2H3. The largest absolute Gasteiger partial charge is 0.310 e. The summed E-state index contributed by atoms with van der Waals surface area (Å²) in [5, 5.41) is 2.54. The van der Waals surface area contributed by atoms with E-state index in [9.17, 15) is 0 Å². The highest BCUT2D eigenvalue weighted by molar-refractivity contribution is 6.09. The molecule has 2 nitrogen and oxygen atoms in total. The minimum absolute atomic E-state index is 0.155. The molecule has 0 bridgehead atoms. The summed E-state index contributed by atoms with van der Waals surface area (Å²) < 4.78 is 2.39. The van der Waals surface area contributed by atoms with Gasteiger partial charge in [0.05, 0.1) is 16.4 Å². The Labute approximate surface area is 420 Å². The van der Waals surface area contributed by atoms with E-state index < -0.39 is 5.41 Å². The summed E-state index contributed by atoms with van der Waals surface area (Å²) in [6.45, 7) is 4.76. The van der Waals surface area contributed by atoms with Gasteiger partial charge in [-0.2, -0.15) is 0 Å². The van der Waals surface area contributed by atoms with Crippen molar-refractivity contribution in [1.29, 1.82) is 0 Å². The first-order chi connectivity index (χ1) is 35.5. The summed E-state index contributed by atoms with van der Waals surface area (Å²) in [6, 6.07) is 95.3. The van der Waals surface area contributed by atoms with Crippen LogP contribution in [0.15, 0.2) is 255 Å². The Balaban J connectivity index is 0.910. The van der Waals surface area contributed by atoms with E-state index in [2.05, 4.69) is 278 Å². The van der Waals surface area contributed by atoms with Gasteiger partial charge in [0.15, 0.2) is 0 Å². The van der Waals surface area contributed by atoms with Gasteiger partial charge in [-0.1, -0.05) is 208 Å². The molecule has 0 atom stereocenters. The van der Waals surface area contributed by atoms with Crippen molar-refractivity contribution in [2.45, 2.75) is 24.7 Å². The lowest BCUT2D eigenvalue weighted by atomic mass is 9.70. The third-order valence-corrected chi connectivity index (χ3v) is 16.4. The molecule has 0 fully saturated rings. The van der Waals surface area contributed by atoms with Gasteiger partial charge in [-0.25, -0.2) is 0 Å². The van der Waals surface area contributed by atoms with Gasteiger partial charge in [0.25, 0.3) is 0 Å². The SMILES string of the molecule is CC1(C)c2ccccc2-c2ccc(N(c3ccc(-c4ccc(-n5c6ccccc6c6ccccc65)cc4)cc3)c3ccc4c(c3)C3(c5ccccc5-c5ccccc53)c3cccc(-c5ccccc5)c3-4)cc21. The van der Waals surface area contributed by atoms with Crippen molar-refractivity contribution in [1.82, 2.24) is 4.57 Å². The molecule has 0 N–H and O–H groups in total. The third-order valence-electron chi connectivity index (χ3n) is 16.4. The fourth-order valence-corrected chi connectivity index (χ4v) is 13.3. The molecule has 72 heavy (non-hydrogen) atoms. The average Bonchev–Trinajstić information content (AvgIpc) is 4.11. The molecule has 0 aliphatic heterocycles. The second-order valence-corrected chi connectivity index (χ2v) is 20.4. The molecule has 338 valence electrons. The van der Waals surface area contributed by atoms with Crippen molar-refractivity contribution in [3.63, 3.8) is 0 Å². The van der Waals surface area contributed by atoms with Crippen molar-refractivity contribution < 1.29 is 0 Å². The van der Waals surface area contributed by atoms with E-state index in [0.717, 1.165) is 22.7 Å². The van der Waals surface area contributed by atoms with Gasteiger partial charge in [-0.05, 0) is 150 Å². The smallest absolute Gasteiger partial charge is 0.0726 e. The highest BCUT2D eigenvalue weighted by atomic mass is 15.1. The summed E-state index contributed by atoms with van der Waals surface area (Å²) >= 11 is 0. The Morgan fingerprint density at radius 2 is 0.764 bits per heavy atom. The number of para-hydroxylation sites is 2. The molecule has 0 saturated carbocycles. The van der Waals surface area contributed by atoms with E-state index in [1.54, 1.807) is 0 Å². The summed E-state index contributed by atoms with van der Waals surface area (Å²) in [6.07, 6.45) is 0. The maximum absolute atomic E-state index is 2.53. The van der Waals surface area contributed by atoms with E-state index in [1.165, 1.54) is 111 Å². The molecule has 0 amide bonds. The number of hydrogen-bond donors (Lipinski definition) is 0. The first kappa shape index (κ1) is 40.9. The molecular weight excluding hydrogens is 869 g/mol. The first-order valence-electron chi connectivity index (χ1n) is 25.3. The minimum Gasteiger partial charge on any atom is -0.310 e. The van der Waals surface area contributed by atoms with E-state index in [1.807, 2.05) is 0 Å². The molecule has 3 aliphatic carbocycles. The summed E-state index contributed by atoms with van der Waals surface area (Å²) in [5.74, 6) is 0. The predicted octanol–water partition coefficient (Wildman–Crippen LogP) is 18.2. The van der Waals surface area contributed by atoms with Crippen LogP contribution in [-0.2, 0) is 10.8 Å². The molecular formula is C70H48N2. The average molecular weight is 917 g/mol. The van der Waals surface area contributed by atoms with E-state index in [0.29, 0.717) is 0 Å². The van der Waals surface area contributed by atoms with Crippen LogP contribution < -0.4 is 4.90 Å². The van der Waals surface area contributed by atoms with Crippen LogP contribution >= 0.6 is 0 Å². The highest BCUT2D eigenvalue weighted by Crippen LogP contribution is 2.65. The molecule has 0 saturated heterocycles. The summed E-state index contributed by atoms with van der Waals surface area (Å²) in [7, 11) is 0. The lowest BCUT2D eigenvalue weighted by molar-refractivity contribution is 0.660. The van der Waals surface area contributed by atoms with Gasteiger partial charge < -0.3 is 9.47 Å². The van der Waals surface area contributed by atoms with Crippen molar-refractivity contribution in [2.75, 3.05) is 4.90 Å².